The lowest BCUT2D eigenvalue weighted by atomic mass is 9.94. The predicted octanol–water partition coefficient (Wildman–Crippen LogP) is 1.71. The maximum absolute atomic E-state index is 14.1. The number of furan rings is 1. The van der Waals surface area contributed by atoms with Gasteiger partial charge in [-0.3, -0.25) is 9.59 Å². The molecule has 1 spiro atoms. The Bertz CT molecular complexity index is 841. The quantitative estimate of drug-likeness (QED) is 0.773. The van der Waals surface area contributed by atoms with Crippen LogP contribution in [0.1, 0.15) is 31.2 Å². The Labute approximate surface area is 157 Å². The minimum Gasteiger partial charge on any atom is -0.472 e. The molecule has 1 aromatic heterocycles. The highest BCUT2D eigenvalue weighted by atomic mass is 32.2. The van der Waals surface area contributed by atoms with Crippen molar-refractivity contribution in [3.05, 3.63) is 24.2 Å². The first kappa shape index (κ1) is 18.6. The number of carbonyl (C=O) groups is 2. The lowest BCUT2D eigenvalue weighted by Crippen LogP contribution is -2.58. The van der Waals surface area contributed by atoms with E-state index < -0.39 is 32.8 Å². The molecule has 0 N–H and O–H groups in total. The fourth-order valence-electron chi connectivity index (χ4n) is 3.72. The molecule has 27 heavy (non-hydrogen) atoms. The Morgan fingerprint density at radius 2 is 2.00 bits per heavy atom. The minimum absolute atomic E-state index is 0.0655. The van der Waals surface area contributed by atoms with Gasteiger partial charge < -0.3 is 14.1 Å². The van der Waals surface area contributed by atoms with Crippen LogP contribution in [-0.4, -0.2) is 63.4 Å². The van der Waals surface area contributed by atoms with Gasteiger partial charge >= 0.3 is 0 Å². The van der Waals surface area contributed by atoms with Gasteiger partial charge in [-0.1, -0.05) is 0 Å². The maximum Gasteiger partial charge on any atom is 0.260 e. The Kier molecular flexibility index (Phi) is 4.62. The second-order valence-electron chi connectivity index (χ2n) is 7.70. The average molecular weight is 398 g/mol. The van der Waals surface area contributed by atoms with Gasteiger partial charge in [0.25, 0.3) is 11.8 Å². The first-order valence-electron chi connectivity index (χ1n) is 9.20. The number of hydrogen-bond acceptors (Lipinski definition) is 5. The summed E-state index contributed by atoms with van der Waals surface area (Å²) in [5.41, 5.74) is -1.59. The van der Waals surface area contributed by atoms with E-state index in [0.717, 1.165) is 0 Å². The van der Waals surface area contributed by atoms with Crippen molar-refractivity contribution in [1.82, 2.24) is 4.90 Å². The third kappa shape index (κ3) is 3.94. The van der Waals surface area contributed by atoms with Gasteiger partial charge in [0.05, 0.1) is 40.9 Å². The van der Waals surface area contributed by atoms with Crippen LogP contribution in [0.5, 0.6) is 0 Å². The molecule has 2 saturated heterocycles. The molecule has 2 amide bonds. The number of halogens is 1. The Morgan fingerprint density at radius 1 is 1.26 bits per heavy atom. The number of carbonyl (C=O) groups excluding carboxylic acids is 2. The highest BCUT2D eigenvalue weighted by Crippen LogP contribution is 2.42. The maximum atomic E-state index is 14.1. The van der Waals surface area contributed by atoms with Crippen LogP contribution in [-0.2, 0) is 30.5 Å². The second kappa shape index (κ2) is 6.70. The van der Waals surface area contributed by atoms with Gasteiger partial charge in [-0.2, -0.15) is 4.36 Å². The molecule has 0 atom stereocenters. The molecular formula is C18H23FN2O5S. The summed E-state index contributed by atoms with van der Waals surface area (Å²) in [7, 11) is -2.63. The third-order valence-corrected chi connectivity index (χ3v) is 7.79. The summed E-state index contributed by atoms with van der Waals surface area (Å²) in [5.74, 6) is -0.386. The summed E-state index contributed by atoms with van der Waals surface area (Å²) < 4.78 is 41.9. The van der Waals surface area contributed by atoms with Crippen LogP contribution in [0.15, 0.2) is 27.4 Å². The standard InChI is InChI=1S/C18H23FN2O5S/c19-18(2-3-18)16(23)21-6-8-26-17(13-21)4-9-27(24,10-5-17)20-15(22)11-14-1-7-25-12-14/h1,7,12H,2-6,8-11,13H2. The normalized spacial score (nSPS) is 32.3. The number of morpholine rings is 1. The van der Waals surface area contributed by atoms with E-state index >= 15 is 0 Å². The first-order valence-corrected chi connectivity index (χ1v) is 11.1. The molecule has 3 fully saturated rings. The molecule has 9 heteroatoms. The molecule has 1 aromatic rings. The number of ether oxygens (including phenoxy) is 1. The van der Waals surface area contributed by atoms with Crippen LogP contribution in [0, 0.1) is 0 Å². The van der Waals surface area contributed by atoms with Gasteiger partial charge in [-0.15, -0.1) is 0 Å². The van der Waals surface area contributed by atoms with E-state index in [-0.39, 0.29) is 17.9 Å². The van der Waals surface area contributed by atoms with Crippen LogP contribution >= 0.6 is 0 Å². The van der Waals surface area contributed by atoms with Crippen molar-refractivity contribution < 1.29 is 27.3 Å². The number of alkyl halides is 1. The van der Waals surface area contributed by atoms with Crippen molar-refractivity contribution in [2.75, 3.05) is 31.2 Å². The molecule has 7 nitrogen and oxygen atoms in total. The molecule has 0 aromatic carbocycles. The molecule has 4 rings (SSSR count). The topological polar surface area (TPSA) is 89.2 Å². The SMILES string of the molecule is O=C(Cc1ccoc1)N=S1(=O)CCC2(CC1)CN(C(=O)C1(F)CC1)CCO2. The van der Waals surface area contributed by atoms with Crippen molar-refractivity contribution in [2.45, 2.75) is 43.4 Å². The summed E-state index contributed by atoms with van der Waals surface area (Å²) >= 11 is 0. The smallest absolute Gasteiger partial charge is 0.260 e. The van der Waals surface area contributed by atoms with Gasteiger partial charge in [0.15, 0.2) is 5.67 Å². The summed E-state index contributed by atoms with van der Waals surface area (Å²) in [6.45, 7) is 1.05. The van der Waals surface area contributed by atoms with Crippen LogP contribution < -0.4 is 0 Å². The van der Waals surface area contributed by atoms with Crippen molar-refractivity contribution in [2.24, 2.45) is 4.36 Å². The predicted molar refractivity (Wildman–Crippen MR) is 95.3 cm³/mol. The van der Waals surface area contributed by atoms with Crippen LogP contribution in [0.25, 0.3) is 0 Å². The zero-order valence-electron chi connectivity index (χ0n) is 15.0. The van der Waals surface area contributed by atoms with Crippen molar-refractivity contribution in [3.63, 3.8) is 0 Å². The summed E-state index contributed by atoms with van der Waals surface area (Å²) in [5, 5.41) is 0. The summed E-state index contributed by atoms with van der Waals surface area (Å²) in [6.07, 6.45) is 4.48. The number of nitrogens with zero attached hydrogens (tertiary/aromatic N) is 2. The van der Waals surface area contributed by atoms with E-state index in [0.29, 0.717) is 50.9 Å². The van der Waals surface area contributed by atoms with Gasteiger partial charge in [-0.25, -0.2) is 8.60 Å². The van der Waals surface area contributed by atoms with E-state index in [9.17, 15) is 18.2 Å². The third-order valence-electron chi connectivity index (χ3n) is 5.56. The highest BCUT2D eigenvalue weighted by Gasteiger charge is 2.54. The summed E-state index contributed by atoms with van der Waals surface area (Å²) in [4.78, 5) is 25.9. The molecular weight excluding hydrogens is 375 g/mol. The van der Waals surface area contributed by atoms with Crippen molar-refractivity contribution in [1.29, 1.82) is 0 Å². The number of amides is 2. The van der Waals surface area contributed by atoms with Crippen molar-refractivity contribution in [3.8, 4) is 0 Å². The van der Waals surface area contributed by atoms with Gasteiger partial charge in [-0.05, 0) is 37.3 Å². The number of hydrogen-bond donors (Lipinski definition) is 0. The largest absolute Gasteiger partial charge is 0.472 e. The second-order valence-corrected chi connectivity index (χ2v) is 10.2. The molecule has 0 unspecified atom stereocenters. The molecule has 1 aliphatic carbocycles. The van der Waals surface area contributed by atoms with E-state index in [1.807, 2.05) is 0 Å². The van der Waals surface area contributed by atoms with E-state index in [1.165, 1.54) is 12.5 Å². The molecule has 1 saturated carbocycles. The lowest BCUT2D eigenvalue weighted by molar-refractivity contribution is -0.158. The lowest BCUT2D eigenvalue weighted by Gasteiger charge is -2.45. The van der Waals surface area contributed by atoms with Gasteiger partial charge in [0, 0.05) is 24.6 Å². The first-order chi connectivity index (χ1) is 12.8. The fourth-order valence-corrected chi connectivity index (χ4v) is 5.93. The molecule has 0 bridgehead atoms. The van der Waals surface area contributed by atoms with E-state index in [4.69, 9.17) is 9.15 Å². The molecule has 3 aliphatic rings. The van der Waals surface area contributed by atoms with Crippen LogP contribution in [0.3, 0.4) is 0 Å². The van der Waals surface area contributed by atoms with E-state index in [1.54, 1.807) is 11.0 Å². The monoisotopic (exact) mass is 398 g/mol. The van der Waals surface area contributed by atoms with Crippen LogP contribution in [0.2, 0.25) is 0 Å². The highest BCUT2D eigenvalue weighted by molar-refractivity contribution is 7.93. The van der Waals surface area contributed by atoms with Gasteiger partial charge in [0.1, 0.15) is 0 Å². The van der Waals surface area contributed by atoms with E-state index in [2.05, 4.69) is 4.36 Å². The molecule has 148 valence electrons. The summed E-state index contributed by atoms with van der Waals surface area (Å²) in [6, 6.07) is 1.68. The Balaban J connectivity index is 1.40. The van der Waals surface area contributed by atoms with Gasteiger partial charge in [0.2, 0.25) is 0 Å². The molecule has 3 heterocycles. The fraction of sp³-hybridized carbons (Fsp3) is 0.667. The number of rotatable bonds is 3. The molecule has 0 radical (unpaired) electrons. The Hall–Kier alpha value is -1.74. The van der Waals surface area contributed by atoms with Crippen LogP contribution in [0.4, 0.5) is 4.39 Å². The minimum atomic E-state index is -2.63. The zero-order valence-corrected chi connectivity index (χ0v) is 15.8. The average Bonchev–Trinajstić information content (AvgIpc) is 3.18. The van der Waals surface area contributed by atoms with Crippen molar-refractivity contribution >= 4 is 21.5 Å². The Morgan fingerprint density at radius 3 is 2.63 bits per heavy atom. The zero-order chi connectivity index (χ0) is 19.1. The molecule has 2 aliphatic heterocycles.